The third kappa shape index (κ3) is 2.60. The van der Waals surface area contributed by atoms with Crippen molar-refractivity contribution < 1.29 is 4.92 Å². The second-order valence-electron chi connectivity index (χ2n) is 4.27. The second-order valence-corrected chi connectivity index (χ2v) is 5.25. The van der Waals surface area contributed by atoms with Crippen molar-refractivity contribution >= 4 is 23.0 Å². The summed E-state index contributed by atoms with van der Waals surface area (Å²) in [4.78, 5) is 15.7. The molecule has 0 aliphatic rings. The lowest BCUT2D eigenvalue weighted by molar-refractivity contribution is -0.388. The van der Waals surface area contributed by atoms with Crippen LogP contribution in [-0.2, 0) is 7.05 Å². The fourth-order valence-corrected chi connectivity index (χ4v) is 2.77. The smallest absolute Gasteiger partial charge is 0.358 e. The van der Waals surface area contributed by atoms with Crippen molar-refractivity contribution in [2.24, 2.45) is 7.05 Å². The number of aryl methyl sites for hydroxylation is 1. The first-order chi connectivity index (χ1) is 9.04. The van der Waals surface area contributed by atoms with E-state index in [1.54, 1.807) is 29.9 Å². The summed E-state index contributed by atoms with van der Waals surface area (Å²) in [6.45, 7) is 3.80. The van der Waals surface area contributed by atoms with E-state index >= 15 is 0 Å². The molecular formula is C12H16N4O2S. The number of aromatic nitrogens is 2. The predicted molar refractivity (Wildman–Crippen MR) is 75.6 cm³/mol. The normalized spacial score (nSPS) is 12.4. The highest BCUT2D eigenvalue weighted by Crippen LogP contribution is 2.31. The third-order valence-electron chi connectivity index (χ3n) is 3.08. The van der Waals surface area contributed by atoms with E-state index < -0.39 is 4.92 Å². The maximum Gasteiger partial charge on any atom is 0.406 e. The Labute approximate surface area is 115 Å². The van der Waals surface area contributed by atoms with Gasteiger partial charge in [0.1, 0.15) is 0 Å². The number of nitrogens with one attached hydrogen (secondary N) is 1. The fourth-order valence-electron chi connectivity index (χ4n) is 1.91. The van der Waals surface area contributed by atoms with Gasteiger partial charge in [-0.2, -0.15) is 0 Å². The number of thiophene rings is 1. The second kappa shape index (κ2) is 5.40. The molecule has 0 saturated heterocycles. The Balaban J connectivity index is 2.34. The molecule has 1 N–H and O–H groups in total. The number of hydrogen-bond donors (Lipinski definition) is 1. The van der Waals surface area contributed by atoms with Crippen molar-refractivity contribution in [3.05, 3.63) is 38.3 Å². The summed E-state index contributed by atoms with van der Waals surface area (Å²) >= 11 is 1.64. The molecule has 1 unspecified atom stereocenters. The van der Waals surface area contributed by atoms with Crippen LogP contribution < -0.4 is 5.32 Å². The van der Waals surface area contributed by atoms with Crippen molar-refractivity contribution in [3.63, 3.8) is 0 Å². The monoisotopic (exact) mass is 280 g/mol. The van der Waals surface area contributed by atoms with E-state index in [4.69, 9.17) is 0 Å². The van der Waals surface area contributed by atoms with Gasteiger partial charge < -0.3 is 15.4 Å². The first-order valence-electron chi connectivity index (χ1n) is 6.02. The Bertz CT molecular complexity index is 577. The van der Waals surface area contributed by atoms with Crippen LogP contribution in [-0.4, -0.2) is 14.5 Å². The molecule has 0 saturated carbocycles. The number of nitro groups is 1. The van der Waals surface area contributed by atoms with E-state index in [0.717, 1.165) is 11.3 Å². The van der Waals surface area contributed by atoms with E-state index in [2.05, 4.69) is 10.3 Å². The fraction of sp³-hybridized carbons (Fsp3) is 0.417. The molecule has 0 amide bonds. The summed E-state index contributed by atoms with van der Waals surface area (Å²) in [5, 5.41) is 16.3. The quantitative estimate of drug-likeness (QED) is 0.674. The molecule has 2 rings (SSSR count). The van der Waals surface area contributed by atoms with Gasteiger partial charge in [0.05, 0.1) is 6.04 Å². The first kappa shape index (κ1) is 13.5. The molecule has 0 fully saturated rings. The van der Waals surface area contributed by atoms with Crippen molar-refractivity contribution in [1.29, 1.82) is 0 Å². The van der Waals surface area contributed by atoms with Gasteiger partial charge in [0.2, 0.25) is 11.6 Å². The van der Waals surface area contributed by atoms with Crippen LogP contribution in [0.1, 0.15) is 30.1 Å². The van der Waals surface area contributed by atoms with Crippen molar-refractivity contribution in [2.75, 3.05) is 5.32 Å². The van der Waals surface area contributed by atoms with Gasteiger partial charge >= 0.3 is 5.82 Å². The topological polar surface area (TPSA) is 73.0 Å². The molecule has 2 heterocycles. The molecule has 0 aliphatic carbocycles. The molecular weight excluding hydrogens is 264 g/mol. The molecule has 0 aliphatic heterocycles. The van der Waals surface area contributed by atoms with Gasteiger partial charge in [0, 0.05) is 18.8 Å². The number of imidazole rings is 1. The summed E-state index contributed by atoms with van der Waals surface area (Å²) in [6, 6.07) is 4.07. The summed E-state index contributed by atoms with van der Waals surface area (Å²) < 4.78 is 1.72. The van der Waals surface area contributed by atoms with Crippen molar-refractivity contribution in [3.8, 4) is 0 Å². The minimum atomic E-state index is -0.448. The average Bonchev–Trinajstić information content (AvgIpc) is 2.98. The Morgan fingerprint density at radius 3 is 2.89 bits per heavy atom. The molecule has 7 heteroatoms. The third-order valence-corrected chi connectivity index (χ3v) is 4.07. The highest BCUT2D eigenvalue weighted by atomic mass is 32.1. The van der Waals surface area contributed by atoms with Crippen LogP contribution in [0.25, 0.3) is 0 Å². The van der Waals surface area contributed by atoms with Gasteiger partial charge in [-0.1, -0.05) is 13.0 Å². The summed E-state index contributed by atoms with van der Waals surface area (Å²) in [6.07, 6.45) is 0.849. The maximum atomic E-state index is 11.0. The van der Waals surface area contributed by atoms with Crippen molar-refractivity contribution in [2.45, 2.75) is 26.3 Å². The van der Waals surface area contributed by atoms with Crippen LogP contribution in [0.4, 0.5) is 11.6 Å². The molecule has 0 radical (unpaired) electrons. The van der Waals surface area contributed by atoms with E-state index in [1.807, 2.05) is 24.4 Å². The Morgan fingerprint density at radius 2 is 2.37 bits per heavy atom. The molecule has 2 aromatic rings. The molecule has 2 aromatic heterocycles. The molecule has 0 bridgehead atoms. The number of rotatable bonds is 5. The van der Waals surface area contributed by atoms with Gasteiger partial charge in [-0.15, -0.1) is 11.3 Å². The lowest BCUT2D eigenvalue weighted by Gasteiger charge is -2.16. The number of nitrogens with zero attached hydrogens (tertiary/aromatic N) is 3. The molecule has 6 nitrogen and oxygen atoms in total. The Hall–Kier alpha value is -1.89. The lowest BCUT2D eigenvalue weighted by Crippen LogP contribution is -2.12. The number of hydrogen-bond acceptors (Lipinski definition) is 5. The first-order valence-corrected chi connectivity index (χ1v) is 6.90. The predicted octanol–water partition coefficient (Wildman–Crippen LogP) is 3.26. The van der Waals surface area contributed by atoms with E-state index in [9.17, 15) is 10.1 Å². The van der Waals surface area contributed by atoms with Gasteiger partial charge in [-0.25, -0.2) is 0 Å². The van der Waals surface area contributed by atoms with Crippen LogP contribution in [0, 0.1) is 17.0 Å². The molecule has 0 aromatic carbocycles. The van der Waals surface area contributed by atoms with Gasteiger partial charge in [0.15, 0.2) is 0 Å². The molecule has 19 heavy (non-hydrogen) atoms. The van der Waals surface area contributed by atoms with E-state index in [0.29, 0.717) is 11.6 Å². The van der Waals surface area contributed by atoms with Gasteiger partial charge in [-0.05, 0) is 27.8 Å². The Morgan fingerprint density at radius 1 is 1.63 bits per heavy atom. The summed E-state index contributed by atoms with van der Waals surface area (Å²) in [5.74, 6) is 0.966. The zero-order valence-corrected chi connectivity index (χ0v) is 11.9. The van der Waals surface area contributed by atoms with Crippen LogP contribution in [0.5, 0.6) is 0 Å². The van der Waals surface area contributed by atoms with Gasteiger partial charge in [-0.3, -0.25) is 4.57 Å². The SMILES string of the molecule is CCC(Nc1c([N+](=O)[O-])nc(C)n1C)c1cccs1. The Kier molecular flexibility index (Phi) is 3.84. The zero-order valence-electron chi connectivity index (χ0n) is 11.1. The van der Waals surface area contributed by atoms with Crippen LogP contribution in [0.15, 0.2) is 17.5 Å². The van der Waals surface area contributed by atoms with E-state index in [-0.39, 0.29) is 11.9 Å². The van der Waals surface area contributed by atoms with Crippen LogP contribution >= 0.6 is 11.3 Å². The highest BCUT2D eigenvalue weighted by Gasteiger charge is 2.25. The minimum absolute atomic E-state index is 0.0634. The highest BCUT2D eigenvalue weighted by molar-refractivity contribution is 7.10. The van der Waals surface area contributed by atoms with Gasteiger partial charge in [0.25, 0.3) is 0 Å². The minimum Gasteiger partial charge on any atom is -0.358 e. The maximum absolute atomic E-state index is 11.0. The zero-order chi connectivity index (χ0) is 14.0. The standard InChI is InChI=1S/C12H16N4O2S/c1-4-9(10-6-5-7-19-10)14-11-12(16(17)18)13-8(2)15(11)3/h5-7,9,14H,4H2,1-3H3. The molecule has 1 atom stereocenters. The molecule has 0 spiro atoms. The largest absolute Gasteiger partial charge is 0.406 e. The van der Waals surface area contributed by atoms with Crippen LogP contribution in [0.3, 0.4) is 0 Å². The summed E-state index contributed by atoms with van der Waals surface area (Å²) in [7, 11) is 1.78. The lowest BCUT2D eigenvalue weighted by atomic mass is 10.2. The van der Waals surface area contributed by atoms with Crippen LogP contribution in [0.2, 0.25) is 0 Å². The summed E-state index contributed by atoms with van der Waals surface area (Å²) in [5.41, 5.74) is 0. The molecule has 102 valence electrons. The van der Waals surface area contributed by atoms with Crippen molar-refractivity contribution in [1.82, 2.24) is 9.55 Å². The van der Waals surface area contributed by atoms with E-state index in [1.165, 1.54) is 0 Å². The number of anilines is 1. The average molecular weight is 280 g/mol.